The molecule has 1 fully saturated rings. The lowest BCUT2D eigenvalue weighted by molar-refractivity contribution is -0.123. The number of imidazole rings is 1. The van der Waals surface area contributed by atoms with Gasteiger partial charge < -0.3 is 19.5 Å². The maximum absolute atomic E-state index is 13.5. The second kappa shape index (κ2) is 10.7. The molecule has 1 amide bonds. The highest BCUT2D eigenvalue weighted by atomic mass is 19.1. The van der Waals surface area contributed by atoms with Crippen molar-refractivity contribution < 1.29 is 13.9 Å². The van der Waals surface area contributed by atoms with Crippen LogP contribution in [0.25, 0.3) is 11.8 Å². The van der Waals surface area contributed by atoms with Crippen molar-refractivity contribution in [2.45, 2.75) is 19.9 Å². The Bertz CT molecular complexity index is 1300. The summed E-state index contributed by atoms with van der Waals surface area (Å²) in [7, 11) is 5.56. The minimum absolute atomic E-state index is 0.205. The fraction of sp³-hybridized carbons (Fsp3) is 0.296. The predicted octanol–water partition coefficient (Wildman–Crippen LogP) is 3.78. The maximum Gasteiger partial charge on any atom is 0.277 e. The molecule has 0 radical (unpaired) electrons. The minimum Gasteiger partial charge on any atom is -0.495 e. The van der Waals surface area contributed by atoms with Crippen LogP contribution in [0.4, 0.5) is 4.39 Å². The summed E-state index contributed by atoms with van der Waals surface area (Å²) >= 11 is 0. The number of hydrogen-bond acceptors (Lipinski definition) is 5. The molecule has 1 atom stereocenters. The molecule has 0 aliphatic carbocycles. The van der Waals surface area contributed by atoms with E-state index in [1.54, 1.807) is 36.5 Å². The van der Waals surface area contributed by atoms with E-state index < -0.39 is 0 Å². The summed E-state index contributed by atoms with van der Waals surface area (Å²) in [5.74, 6) is 0.607. The number of rotatable bonds is 8. The average Bonchev–Trinajstić information content (AvgIpc) is 3.41. The second-order valence-electron chi connectivity index (χ2n) is 8.95. The van der Waals surface area contributed by atoms with E-state index in [0.717, 1.165) is 29.1 Å². The zero-order valence-corrected chi connectivity index (χ0v) is 21.2. The molecule has 0 saturated carbocycles. The number of guanidine groups is 1. The van der Waals surface area contributed by atoms with E-state index in [2.05, 4.69) is 15.3 Å². The number of aromatic nitrogens is 2. The zero-order chi connectivity index (χ0) is 25.8. The Hall–Kier alpha value is -3.98. The molecule has 4 rings (SSSR count). The van der Waals surface area contributed by atoms with Gasteiger partial charge in [-0.2, -0.15) is 0 Å². The van der Waals surface area contributed by atoms with Gasteiger partial charge in [-0.1, -0.05) is 18.2 Å². The second-order valence-corrected chi connectivity index (χ2v) is 8.95. The molecular formula is C27H31FN6O2. The summed E-state index contributed by atoms with van der Waals surface area (Å²) < 4.78 is 21.0. The number of likely N-dealkylation sites (N-methyl/N-ethyl adjacent to an activating group) is 1. The first kappa shape index (κ1) is 25.1. The Morgan fingerprint density at radius 3 is 2.61 bits per heavy atom. The summed E-state index contributed by atoms with van der Waals surface area (Å²) in [5, 5.41) is 3.20. The van der Waals surface area contributed by atoms with Gasteiger partial charge in [0.15, 0.2) is 0 Å². The number of halogens is 1. The van der Waals surface area contributed by atoms with Crippen molar-refractivity contribution in [1.82, 2.24) is 24.7 Å². The Morgan fingerprint density at radius 2 is 1.97 bits per heavy atom. The van der Waals surface area contributed by atoms with E-state index >= 15 is 0 Å². The molecule has 9 heteroatoms. The third kappa shape index (κ3) is 5.46. The van der Waals surface area contributed by atoms with Gasteiger partial charge in [-0.15, -0.1) is 0 Å². The number of amides is 1. The largest absolute Gasteiger partial charge is 0.495 e. The van der Waals surface area contributed by atoms with Gasteiger partial charge in [0.2, 0.25) is 5.96 Å². The molecule has 2 aromatic carbocycles. The van der Waals surface area contributed by atoms with Crippen LogP contribution >= 0.6 is 0 Å². The van der Waals surface area contributed by atoms with E-state index in [0.29, 0.717) is 24.0 Å². The fourth-order valence-corrected chi connectivity index (χ4v) is 4.00. The van der Waals surface area contributed by atoms with Gasteiger partial charge in [0.1, 0.15) is 17.3 Å². The van der Waals surface area contributed by atoms with Gasteiger partial charge in [-0.3, -0.25) is 14.7 Å². The molecule has 0 unspecified atom stereocenters. The molecule has 8 nitrogen and oxygen atoms in total. The number of nitrogens with zero attached hydrogens (tertiary/aromatic N) is 5. The SMILES string of the molecule is COc1cc(/C=C2\N/C(=N\CCN(C)C)N([C@H](C)c3ccc(F)cc3)C2=O)ccc1-n1cnc(C)c1. The van der Waals surface area contributed by atoms with E-state index in [-0.39, 0.29) is 17.8 Å². The maximum atomic E-state index is 13.5. The molecule has 1 aliphatic rings. The summed E-state index contributed by atoms with van der Waals surface area (Å²) in [6, 6.07) is 11.6. The number of aryl methyl sites for hydroxylation is 1. The molecule has 36 heavy (non-hydrogen) atoms. The van der Waals surface area contributed by atoms with E-state index in [9.17, 15) is 9.18 Å². The van der Waals surface area contributed by atoms with Gasteiger partial charge in [0.05, 0.1) is 37.4 Å². The molecule has 3 aromatic rings. The summed E-state index contributed by atoms with van der Waals surface area (Å²) in [6.07, 6.45) is 5.44. The predicted molar refractivity (Wildman–Crippen MR) is 138 cm³/mol. The van der Waals surface area contributed by atoms with Crippen LogP contribution in [0.2, 0.25) is 0 Å². The zero-order valence-electron chi connectivity index (χ0n) is 21.2. The number of methoxy groups -OCH3 is 1. The first-order valence-electron chi connectivity index (χ1n) is 11.7. The smallest absolute Gasteiger partial charge is 0.277 e. The van der Waals surface area contributed by atoms with Gasteiger partial charge in [-0.25, -0.2) is 9.37 Å². The molecule has 1 aliphatic heterocycles. The molecule has 188 valence electrons. The number of nitrogens with one attached hydrogen (secondary N) is 1. The van der Waals surface area contributed by atoms with Crippen molar-refractivity contribution in [1.29, 1.82) is 0 Å². The van der Waals surface area contributed by atoms with Gasteiger partial charge in [-0.05, 0) is 69.4 Å². The van der Waals surface area contributed by atoms with Crippen LogP contribution in [-0.2, 0) is 4.79 Å². The van der Waals surface area contributed by atoms with Crippen molar-refractivity contribution in [2.75, 3.05) is 34.3 Å². The quantitative estimate of drug-likeness (QED) is 0.487. The van der Waals surface area contributed by atoms with Gasteiger partial charge >= 0.3 is 0 Å². The number of hydrogen-bond donors (Lipinski definition) is 1. The van der Waals surface area contributed by atoms with E-state index in [1.807, 2.05) is 61.8 Å². The molecule has 0 bridgehead atoms. The molecule has 1 saturated heterocycles. The normalized spacial score (nSPS) is 16.8. The first-order chi connectivity index (χ1) is 17.3. The van der Waals surface area contributed by atoms with Crippen LogP contribution in [-0.4, -0.2) is 65.5 Å². The minimum atomic E-state index is -0.337. The average molecular weight is 491 g/mol. The lowest BCUT2D eigenvalue weighted by Gasteiger charge is -2.24. The van der Waals surface area contributed by atoms with Crippen LogP contribution in [0, 0.1) is 12.7 Å². The van der Waals surface area contributed by atoms with Crippen LogP contribution in [0.1, 0.15) is 29.8 Å². The highest BCUT2D eigenvalue weighted by Gasteiger charge is 2.36. The van der Waals surface area contributed by atoms with Gasteiger partial charge in [0, 0.05) is 12.7 Å². The third-order valence-electron chi connectivity index (χ3n) is 5.98. The molecule has 2 heterocycles. The fourth-order valence-electron chi connectivity index (χ4n) is 4.00. The highest BCUT2D eigenvalue weighted by molar-refractivity contribution is 6.15. The molecule has 1 N–H and O–H groups in total. The van der Waals surface area contributed by atoms with E-state index in [1.165, 1.54) is 12.1 Å². The lowest BCUT2D eigenvalue weighted by atomic mass is 10.1. The highest BCUT2D eigenvalue weighted by Crippen LogP contribution is 2.29. The molecular weight excluding hydrogens is 459 g/mol. The van der Waals surface area contributed by atoms with Crippen LogP contribution in [0.15, 0.2) is 65.7 Å². The van der Waals surface area contributed by atoms with Crippen molar-refractivity contribution in [3.63, 3.8) is 0 Å². The number of aliphatic imine (C=N–C) groups is 1. The summed E-state index contributed by atoms with van der Waals surface area (Å²) in [6.45, 7) is 5.09. The van der Waals surface area contributed by atoms with Crippen molar-refractivity contribution in [3.05, 3.63) is 83.3 Å². The van der Waals surface area contributed by atoms with Gasteiger partial charge in [0.25, 0.3) is 5.91 Å². The Morgan fingerprint density at radius 1 is 1.22 bits per heavy atom. The van der Waals surface area contributed by atoms with Crippen LogP contribution in [0.5, 0.6) is 5.75 Å². The number of carbonyl (C=O) groups excluding carboxylic acids is 1. The molecule has 1 aromatic heterocycles. The van der Waals surface area contributed by atoms with Crippen molar-refractivity contribution in [2.24, 2.45) is 4.99 Å². The monoisotopic (exact) mass is 490 g/mol. The standard InChI is InChI=1S/C27H31FN6O2/c1-18-16-33(17-30-18)24-11-6-20(15-25(24)36-5)14-23-26(35)34(27(31-23)29-12-13-32(3)4)19(2)21-7-9-22(28)10-8-21/h6-11,14-17,19H,12-13H2,1-5H3,(H,29,31)/b23-14-/t19-/m1/s1. The Kier molecular flexibility index (Phi) is 7.49. The first-order valence-corrected chi connectivity index (χ1v) is 11.7. The lowest BCUT2D eigenvalue weighted by Crippen LogP contribution is -2.35. The molecule has 0 spiro atoms. The third-order valence-corrected chi connectivity index (χ3v) is 5.98. The summed E-state index contributed by atoms with van der Waals surface area (Å²) in [4.78, 5) is 26.1. The van der Waals surface area contributed by atoms with Crippen molar-refractivity contribution >= 4 is 17.9 Å². The van der Waals surface area contributed by atoms with Crippen LogP contribution < -0.4 is 10.1 Å². The Labute approximate surface area is 210 Å². The Balaban J connectivity index is 1.66. The number of benzene rings is 2. The van der Waals surface area contributed by atoms with E-state index in [4.69, 9.17) is 4.74 Å². The number of carbonyl (C=O) groups is 1. The number of ether oxygens (including phenoxy) is 1. The topological polar surface area (TPSA) is 75.0 Å². The summed E-state index contributed by atoms with van der Waals surface area (Å²) in [5.41, 5.74) is 3.77. The van der Waals surface area contributed by atoms with Crippen LogP contribution in [0.3, 0.4) is 0 Å². The van der Waals surface area contributed by atoms with Crippen molar-refractivity contribution in [3.8, 4) is 11.4 Å².